The molecule has 0 radical (unpaired) electrons. The van der Waals surface area contributed by atoms with Crippen molar-refractivity contribution in [2.24, 2.45) is 0 Å². The normalized spacial score (nSPS) is 11.7. The molecule has 2 nitrogen and oxygen atoms in total. The predicted octanol–water partition coefficient (Wildman–Crippen LogP) is 2.84. The van der Waals surface area contributed by atoms with E-state index in [0.29, 0.717) is 0 Å². The summed E-state index contributed by atoms with van der Waals surface area (Å²) in [7, 11) is 0. The Balaban J connectivity index is 2.52. The summed E-state index contributed by atoms with van der Waals surface area (Å²) < 4.78 is 0. The van der Waals surface area contributed by atoms with Crippen LogP contribution in [-0.4, -0.2) is 11.3 Å². The molecule has 74 valence electrons. The van der Waals surface area contributed by atoms with Crippen LogP contribution in [0.15, 0.2) is 42.1 Å². The Morgan fingerprint density at radius 2 is 2.20 bits per heavy atom. The van der Waals surface area contributed by atoms with E-state index in [1.807, 2.05) is 36.4 Å². The summed E-state index contributed by atoms with van der Waals surface area (Å²) in [5.41, 5.74) is 2.72. The molecule has 2 heteroatoms. The number of aromatic nitrogens is 1. The number of hydrogen-bond donors (Lipinski definition) is 0. The third-order valence-corrected chi connectivity index (χ3v) is 2.21. The van der Waals surface area contributed by atoms with Crippen molar-refractivity contribution in [1.82, 2.24) is 4.98 Å². The molecule has 0 aliphatic carbocycles. The fourth-order valence-electron chi connectivity index (χ4n) is 1.48. The minimum Gasteiger partial charge on any atom is -0.298 e. The van der Waals surface area contributed by atoms with Gasteiger partial charge in [-0.05, 0) is 42.3 Å². The Hall–Kier alpha value is -1.96. The third-order valence-electron chi connectivity index (χ3n) is 2.21. The number of benzene rings is 1. The first-order valence-electron chi connectivity index (χ1n) is 4.78. The highest BCUT2D eigenvalue weighted by molar-refractivity contribution is 5.85. The molecule has 2 rings (SSSR count). The van der Waals surface area contributed by atoms with Gasteiger partial charge >= 0.3 is 0 Å². The highest BCUT2D eigenvalue weighted by Gasteiger charge is 1.94. The highest BCUT2D eigenvalue weighted by Crippen LogP contribution is 2.15. The largest absolute Gasteiger partial charge is 0.298 e. The van der Waals surface area contributed by atoms with Crippen LogP contribution < -0.4 is 0 Å². The first-order chi connectivity index (χ1) is 7.29. The topological polar surface area (TPSA) is 30.0 Å². The van der Waals surface area contributed by atoms with E-state index in [1.165, 1.54) is 0 Å². The van der Waals surface area contributed by atoms with E-state index in [0.717, 1.165) is 28.3 Å². The van der Waals surface area contributed by atoms with Crippen LogP contribution >= 0.6 is 0 Å². The van der Waals surface area contributed by atoms with Crippen molar-refractivity contribution in [1.29, 1.82) is 0 Å². The second-order valence-electron chi connectivity index (χ2n) is 3.46. The van der Waals surface area contributed by atoms with Crippen LogP contribution in [0.3, 0.4) is 0 Å². The van der Waals surface area contributed by atoms with Gasteiger partial charge in [0, 0.05) is 11.6 Å². The monoisotopic (exact) mass is 197 g/mol. The molecule has 1 aromatic heterocycles. The van der Waals surface area contributed by atoms with Crippen LogP contribution in [0.2, 0.25) is 0 Å². The van der Waals surface area contributed by atoms with Crippen molar-refractivity contribution in [3.63, 3.8) is 0 Å². The molecular weight excluding hydrogens is 186 g/mol. The van der Waals surface area contributed by atoms with Crippen LogP contribution in [0, 0.1) is 0 Å². The average Bonchev–Trinajstić information content (AvgIpc) is 2.29. The van der Waals surface area contributed by atoms with E-state index >= 15 is 0 Å². The van der Waals surface area contributed by atoms with Gasteiger partial charge in [-0.3, -0.25) is 9.78 Å². The number of carbonyl (C=O) groups is 1. The molecule has 0 aliphatic rings. The number of fused-ring (bicyclic) bond motifs is 1. The molecule has 0 unspecified atom stereocenters. The molecule has 0 saturated carbocycles. The van der Waals surface area contributed by atoms with Crippen molar-refractivity contribution in [3.05, 3.63) is 47.7 Å². The van der Waals surface area contributed by atoms with E-state index in [9.17, 15) is 4.79 Å². The molecule has 0 fully saturated rings. The first-order valence-corrected chi connectivity index (χ1v) is 4.78. The number of pyridine rings is 1. The van der Waals surface area contributed by atoms with Gasteiger partial charge in [0.15, 0.2) is 0 Å². The van der Waals surface area contributed by atoms with Crippen molar-refractivity contribution < 1.29 is 4.79 Å². The predicted molar refractivity (Wildman–Crippen MR) is 61.5 cm³/mol. The van der Waals surface area contributed by atoms with Gasteiger partial charge in [0.25, 0.3) is 0 Å². The fourth-order valence-corrected chi connectivity index (χ4v) is 1.48. The van der Waals surface area contributed by atoms with E-state index in [-0.39, 0.29) is 0 Å². The molecule has 0 N–H and O–H groups in total. The Kier molecular flexibility index (Phi) is 2.59. The third kappa shape index (κ3) is 2.10. The number of aldehydes is 1. The second kappa shape index (κ2) is 4.05. The zero-order valence-electron chi connectivity index (χ0n) is 8.47. The van der Waals surface area contributed by atoms with E-state index < -0.39 is 0 Å². The minimum absolute atomic E-state index is 0.721. The lowest BCUT2D eigenvalue weighted by molar-refractivity contribution is -0.104. The highest BCUT2D eigenvalue weighted by atomic mass is 16.1. The van der Waals surface area contributed by atoms with Crippen molar-refractivity contribution in [3.8, 4) is 0 Å². The van der Waals surface area contributed by atoms with Gasteiger partial charge in [-0.2, -0.15) is 0 Å². The maximum Gasteiger partial charge on any atom is 0.145 e. The van der Waals surface area contributed by atoms with Gasteiger partial charge in [0.05, 0.1) is 5.52 Å². The molecule has 0 bridgehead atoms. The molecule has 1 aromatic carbocycles. The van der Waals surface area contributed by atoms with Gasteiger partial charge in [0.2, 0.25) is 0 Å². The summed E-state index contributed by atoms with van der Waals surface area (Å²) in [5, 5.41) is 1.09. The lowest BCUT2D eigenvalue weighted by Gasteiger charge is -1.98. The quantitative estimate of drug-likeness (QED) is 0.547. The number of carbonyl (C=O) groups excluding carboxylic acids is 1. The maximum absolute atomic E-state index is 10.5. The van der Waals surface area contributed by atoms with Crippen LogP contribution in [0.4, 0.5) is 0 Å². The molecule has 0 amide bonds. The van der Waals surface area contributed by atoms with Crippen LogP contribution in [-0.2, 0) is 4.79 Å². The van der Waals surface area contributed by atoms with Gasteiger partial charge in [-0.25, -0.2) is 0 Å². The van der Waals surface area contributed by atoms with Gasteiger partial charge in [-0.1, -0.05) is 12.1 Å². The van der Waals surface area contributed by atoms with Crippen molar-refractivity contribution in [2.75, 3.05) is 0 Å². The minimum atomic E-state index is 0.721. The molecule has 0 saturated heterocycles. The van der Waals surface area contributed by atoms with Crippen molar-refractivity contribution >= 4 is 23.3 Å². The molecule has 1 heterocycles. The van der Waals surface area contributed by atoms with Crippen LogP contribution in [0.25, 0.3) is 17.0 Å². The standard InChI is InChI=1S/C13H11NO/c1-10(9-15)7-11-4-5-13-12(8-11)3-2-6-14-13/h2-9H,1H3/b10-7-. The molecule has 0 spiro atoms. The molecular formula is C13H11NO. The summed E-state index contributed by atoms with van der Waals surface area (Å²) in [6.45, 7) is 1.79. The Labute approximate surface area is 88.3 Å². The fraction of sp³-hybridized carbons (Fsp3) is 0.0769. The average molecular weight is 197 g/mol. The summed E-state index contributed by atoms with van der Waals surface area (Å²) in [6.07, 6.45) is 4.49. The number of hydrogen-bond acceptors (Lipinski definition) is 2. The lowest BCUT2D eigenvalue weighted by Crippen LogP contribution is -1.81. The van der Waals surface area contributed by atoms with Crippen LogP contribution in [0.1, 0.15) is 12.5 Å². The summed E-state index contributed by atoms with van der Waals surface area (Å²) in [5.74, 6) is 0. The number of allylic oxidation sites excluding steroid dienone is 1. The van der Waals surface area contributed by atoms with E-state index in [2.05, 4.69) is 4.98 Å². The SMILES string of the molecule is C/C(C=O)=C/c1ccc2ncccc2c1. The zero-order valence-corrected chi connectivity index (χ0v) is 8.47. The lowest BCUT2D eigenvalue weighted by atomic mass is 10.1. The summed E-state index contributed by atoms with van der Waals surface area (Å²) in [6, 6.07) is 9.86. The summed E-state index contributed by atoms with van der Waals surface area (Å²) in [4.78, 5) is 14.7. The zero-order chi connectivity index (χ0) is 10.7. The van der Waals surface area contributed by atoms with E-state index in [1.54, 1.807) is 13.1 Å². The smallest absolute Gasteiger partial charge is 0.145 e. The number of nitrogens with zero attached hydrogens (tertiary/aromatic N) is 1. The second-order valence-corrected chi connectivity index (χ2v) is 3.46. The van der Waals surface area contributed by atoms with Crippen molar-refractivity contribution in [2.45, 2.75) is 6.92 Å². The summed E-state index contributed by atoms with van der Waals surface area (Å²) >= 11 is 0. The molecule has 15 heavy (non-hydrogen) atoms. The maximum atomic E-state index is 10.5. The Bertz CT molecular complexity index is 529. The Morgan fingerprint density at radius 3 is 3.00 bits per heavy atom. The Morgan fingerprint density at radius 1 is 1.33 bits per heavy atom. The molecule has 2 aromatic rings. The number of rotatable bonds is 2. The first kappa shape index (κ1) is 9.59. The van der Waals surface area contributed by atoms with E-state index in [4.69, 9.17) is 0 Å². The molecule has 0 aliphatic heterocycles. The van der Waals surface area contributed by atoms with Crippen LogP contribution in [0.5, 0.6) is 0 Å². The van der Waals surface area contributed by atoms with Gasteiger partial charge in [-0.15, -0.1) is 0 Å². The molecule has 0 atom stereocenters. The van der Waals surface area contributed by atoms with Gasteiger partial charge < -0.3 is 0 Å². The van der Waals surface area contributed by atoms with Gasteiger partial charge in [0.1, 0.15) is 6.29 Å².